The summed E-state index contributed by atoms with van der Waals surface area (Å²) in [6, 6.07) is 6.51. The SMILES string of the molecule is COc1ccc(NC(=O)c2ccncc2Cl)c(NC(=O)C(C)C)c1. The molecule has 2 rings (SSSR count). The first-order valence-electron chi connectivity index (χ1n) is 7.32. The predicted molar refractivity (Wildman–Crippen MR) is 93.7 cm³/mol. The molecular weight excluding hydrogens is 330 g/mol. The number of anilines is 2. The van der Waals surface area contributed by atoms with Gasteiger partial charge in [-0.1, -0.05) is 25.4 Å². The lowest BCUT2D eigenvalue weighted by atomic mass is 10.1. The summed E-state index contributed by atoms with van der Waals surface area (Å²) < 4.78 is 5.17. The number of ether oxygens (including phenoxy) is 1. The van der Waals surface area contributed by atoms with Crippen molar-refractivity contribution in [2.24, 2.45) is 5.92 Å². The number of hydrogen-bond donors (Lipinski definition) is 2. The topological polar surface area (TPSA) is 80.3 Å². The van der Waals surface area contributed by atoms with E-state index in [1.807, 2.05) is 0 Å². The number of halogens is 1. The van der Waals surface area contributed by atoms with E-state index in [2.05, 4.69) is 15.6 Å². The van der Waals surface area contributed by atoms with Gasteiger partial charge in [-0.25, -0.2) is 0 Å². The largest absolute Gasteiger partial charge is 0.497 e. The Bertz CT molecular complexity index is 762. The number of aromatic nitrogens is 1. The van der Waals surface area contributed by atoms with Crippen LogP contribution >= 0.6 is 11.6 Å². The van der Waals surface area contributed by atoms with Crippen LogP contribution in [0.5, 0.6) is 5.75 Å². The summed E-state index contributed by atoms with van der Waals surface area (Å²) in [6.07, 6.45) is 2.88. The highest BCUT2D eigenvalue weighted by atomic mass is 35.5. The quantitative estimate of drug-likeness (QED) is 0.866. The molecule has 0 spiro atoms. The first-order valence-corrected chi connectivity index (χ1v) is 7.70. The number of benzene rings is 1. The maximum Gasteiger partial charge on any atom is 0.257 e. The van der Waals surface area contributed by atoms with Crippen LogP contribution < -0.4 is 15.4 Å². The summed E-state index contributed by atoms with van der Waals surface area (Å²) >= 11 is 5.99. The van der Waals surface area contributed by atoms with Crippen LogP contribution in [0, 0.1) is 5.92 Å². The lowest BCUT2D eigenvalue weighted by Crippen LogP contribution is -2.20. The highest BCUT2D eigenvalue weighted by molar-refractivity contribution is 6.34. The molecule has 126 valence electrons. The number of hydrogen-bond acceptors (Lipinski definition) is 4. The van der Waals surface area contributed by atoms with E-state index in [1.165, 1.54) is 25.6 Å². The van der Waals surface area contributed by atoms with Crippen molar-refractivity contribution in [2.75, 3.05) is 17.7 Å². The molecule has 0 radical (unpaired) electrons. The van der Waals surface area contributed by atoms with E-state index in [1.54, 1.807) is 32.0 Å². The van der Waals surface area contributed by atoms with Gasteiger partial charge in [-0.3, -0.25) is 14.6 Å². The molecule has 0 saturated carbocycles. The van der Waals surface area contributed by atoms with Crippen molar-refractivity contribution < 1.29 is 14.3 Å². The summed E-state index contributed by atoms with van der Waals surface area (Å²) in [6.45, 7) is 3.56. The molecule has 0 aliphatic heterocycles. The van der Waals surface area contributed by atoms with Gasteiger partial charge in [0.15, 0.2) is 0 Å². The molecule has 6 nitrogen and oxygen atoms in total. The molecule has 0 saturated heterocycles. The standard InChI is InChI=1S/C17H18ClN3O3/c1-10(2)16(22)21-15-8-11(24-3)4-5-14(15)20-17(23)12-6-7-19-9-13(12)18/h4-10H,1-3H3,(H,20,23)(H,21,22). The van der Waals surface area contributed by atoms with Crippen molar-refractivity contribution in [1.82, 2.24) is 4.98 Å². The molecular formula is C17H18ClN3O3. The zero-order valence-corrected chi connectivity index (χ0v) is 14.3. The zero-order valence-electron chi connectivity index (χ0n) is 13.6. The molecule has 24 heavy (non-hydrogen) atoms. The fourth-order valence-corrected chi connectivity index (χ4v) is 2.09. The minimum Gasteiger partial charge on any atom is -0.497 e. The summed E-state index contributed by atoms with van der Waals surface area (Å²) in [7, 11) is 1.53. The Morgan fingerprint density at radius 2 is 1.92 bits per heavy atom. The Morgan fingerprint density at radius 1 is 1.17 bits per heavy atom. The molecule has 0 unspecified atom stereocenters. The van der Waals surface area contributed by atoms with Crippen LogP contribution in [-0.4, -0.2) is 23.9 Å². The highest BCUT2D eigenvalue weighted by Gasteiger charge is 2.15. The molecule has 2 N–H and O–H groups in total. The third kappa shape index (κ3) is 4.23. The number of nitrogens with zero attached hydrogens (tertiary/aromatic N) is 1. The maximum atomic E-state index is 12.4. The molecule has 0 aliphatic carbocycles. The third-order valence-electron chi connectivity index (χ3n) is 3.27. The number of methoxy groups -OCH3 is 1. The maximum absolute atomic E-state index is 12.4. The van der Waals surface area contributed by atoms with Crippen molar-refractivity contribution in [3.63, 3.8) is 0 Å². The average Bonchev–Trinajstić information content (AvgIpc) is 2.56. The molecule has 2 amide bonds. The number of rotatable bonds is 5. The van der Waals surface area contributed by atoms with E-state index in [0.29, 0.717) is 22.7 Å². The van der Waals surface area contributed by atoms with Gasteiger partial charge in [0.05, 0.1) is 29.1 Å². The van der Waals surface area contributed by atoms with Crippen molar-refractivity contribution in [2.45, 2.75) is 13.8 Å². The summed E-state index contributed by atoms with van der Waals surface area (Å²) in [5.41, 5.74) is 1.19. The number of pyridine rings is 1. The lowest BCUT2D eigenvalue weighted by Gasteiger charge is -2.15. The Morgan fingerprint density at radius 3 is 2.54 bits per heavy atom. The third-order valence-corrected chi connectivity index (χ3v) is 3.58. The van der Waals surface area contributed by atoms with Gasteiger partial charge in [0.25, 0.3) is 5.91 Å². The number of carbonyl (C=O) groups is 2. The highest BCUT2D eigenvalue weighted by Crippen LogP contribution is 2.28. The Balaban J connectivity index is 2.30. The minimum atomic E-state index is -0.396. The van der Waals surface area contributed by atoms with E-state index in [0.717, 1.165) is 0 Å². The van der Waals surface area contributed by atoms with Crippen LogP contribution in [0.4, 0.5) is 11.4 Å². The fourth-order valence-electron chi connectivity index (χ4n) is 1.89. The normalized spacial score (nSPS) is 10.4. The van der Waals surface area contributed by atoms with Crippen molar-refractivity contribution in [1.29, 1.82) is 0 Å². The molecule has 1 aromatic heterocycles. The van der Waals surface area contributed by atoms with Gasteiger partial charge in [-0.15, -0.1) is 0 Å². The van der Waals surface area contributed by atoms with Gasteiger partial charge in [-0.2, -0.15) is 0 Å². The Hall–Kier alpha value is -2.60. The van der Waals surface area contributed by atoms with Gasteiger partial charge < -0.3 is 15.4 Å². The first kappa shape index (κ1) is 17.7. The minimum absolute atomic E-state index is 0.166. The van der Waals surface area contributed by atoms with E-state index in [-0.39, 0.29) is 16.8 Å². The number of nitrogens with one attached hydrogen (secondary N) is 2. The second kappa shape index (κ2) is 7.79. The van der Waals surface area contributed by atoms with Gasteiger partial charge in [-0.05, 0) is 18.2 Å². The Kier molecular flexibility index (Phi) is 5.76. The van der Waals surface area contributed by atoms with Gasteiger partial charge >= 0.3 is 0 Å². The molecule has 0 fully saturated rings. The fraction of sp³-hybridized carbons (Fsp3) is 0.235. The molecule has 0 aliphatic rings. The van der Waals surface area contributed by atoms with Crippen molar-refractivity contribution >= 4 is 34.8 Å². The van der Waals surface area contributed by atoms with E-state index in [9.17, 15) is 9.59 Å². The number of carbonyl (C=O) groups excluding carboxylic acids is 2. The average molecular weight is 348 g/mol. The van der Waals surface area contributed by atoms with Crippen LogP contribution in [0.15, 0.2) is 36.7 Å². The van der Waals surface area contributed by atoms with Gasteiger partial charge in [0.1, 0.15) is 5.75 Å². The van der Waals surface area contributed by atoms with Gasteiger partial charge in [0.2, 0.25) is 5.91 Å². The summed E-state index contributed by atoms with van der Waals surface area (Å²) in [5.74, 6) is -0.197. The van der Waals surface area contributed by atoms with Crippen LogP contribution in [0.3, 0.4) is 0 Å². The van der Waals surface area contributed by atoms with Crippen LogP contribution in [-0.2, 0) is 4.79 Å². The first-order chi connectivity index (χ1) is 11.4. The Labute approximate surface area is 145 Å². The lowest BCUT2D eigenvalue weighted by molar-refractivity contribution is -0.118. The second-order valence-electron chi connectivity index (χ2n) is 5.37. The second-order valence-corrected chi connectivity index (χ2v) is 5.77. The van der Waals surface area contributed by atoms with Crippen LogP contribution in [0.25, 0.3) is 0 Å². The van der Waals surface area contributed by atoms with E-state index >= 15 is 0 Å². The van der Waals surface area contributed by atoms with Gasteiger partial charge in [0, 0.05) is 24.4 Å². The smallest absolute Gasteiger partial charge is 0.257 e. The van der Waals surface area contributed by atoms with Crippen molar-refractivity contribution in [3.05, 3.63) is 47.2 Å². The van der Waals surface area contributed by atoms with Crippen LogP contribution in [0.1, 0.15) is 24.2 Å². The zero-order chi connectivity index (χ0) is 17.7. The summed E-state index contributed by atoms with van der Waals surface area (Å²) in [5, 5.41) is 5.77. The number of amides is 2. The monoisotopic (exact) mass is 347 g/mol. The molecule has 1 heterocycles. The molecule has 0 atom stereocenters. The van der Waals surface area contributed by atoms with Crippen molar-refractivity contribution in [3.8, 4) is 5.75 Å². The molecule has 7 heteroatoms. The van der Waals surface area contributed by atoms with Crippen LogP contribution in [0.2, 0.25) is 5.02 Å². The van der Waals surface area contributed by atoms with E-state index < -0.39 is 5.91 Å². The van der Waals surface area contributed by atoms with E-state index in [4.69, 9.17) is 16.3 Å². The molecule has 0 bridgehead atoms. The molecule has 1 aromatic carbocycles. The predicted octanol–water partition coefficient (Wildman–Crippen LogP) is 3.59. The molecule has 2 aromatic rings. The summed E-state index contributed by atoms with van der Waals surface area (Å²) in [4.78, 5) is 28.2.